The van der Waals surface area contributed by atoms with Gasteiger partial charge >= 0.3 is 0 Å². The van der Waals surface area contributed by atoms with Gasteiger partial charge in [-0.2, -0.15) is 0 Å². The van der Waals surface area contributed by atoms with Crippen molar-refractivity contribution in [2.45, 2.75) is 50.4 Å². The van der Waals surface area contributed by atoms with Crippen molar-refractivity contribution in [1.82, 2.24) is 10.2 Å². The third-order valence-corrected chi connectivity index (χ3v) is 5.93. The monoisotopic (exact) mass is 258 g/mol. The topological polar surface area (TPSA) is 66.5 Å². The number of sulfone groups is 1. The van der Waals surface area contributed by atoms with Crippen LogP contribution < -0.4 is 5.32 Å². The molecule has 3 fully saturated rings. The summed E-state index contributed by atoms with van der Waals surface area (Å²) in [6, 6.07) is -0.122. The van der Waals surface area contributed by atoms with Crippen molar-refractivity contribution in [1.29, 1.82) is 0 Å². The molecule has 2 saturated heterocycles. The van der Waals surface area contributed by atoms with Gasteiger partial charge in [-0.3, -0.25) is 10.1 Å². The van der Waals surface area contributed by atoms with Crippen molar-refractivity contribution in [3.63, 3.8) is 0 Å². The Kier molecular flexibility index (Phi) is 2.32. The lowest BCUT2D eigenvalue weighted by atomic mass is 10.1. The van der Waals surface area contributed by atoms with E-state index >= 15 is 0 Å². The van der Waals surface area contributed by atoms with Crippen LogP contribution in [0.4, 0.5) is 0 Å². The van der Waals surface area contributed by atoms with Gasteiger partial charge in [0.15, 0.2) is 9.84 Å². The van der Waals surface area contributed by atoms with Crippen LogP contribution in [0.3, 0.4) is 0 Å². The fourth-order valence-electron chi connectivity index (χ4n) is 3.14. The first-order chi connectivity index (χ1) is 7.94. The highest BCUT2D eigenvalue weighted by atomic mass is 32.2. The van der Waals surface area contributed by atoms with Crippen molar-refractivity contribution in [3.05, 3.63) is 0 Å². The summed E-state index contributed by atoms with van der Waals surface area (Å²) in [5.74, 6) is 0.534. The number of rotatable bonds is 1. The van der Waals surface area contributed by atoms with Gasteiger partial charge in [0.2, 0.25) is 5.91 Å². The van der Waals surface area contributed by atoms with Crippen LogP contribution in [0.2, 0.25) is 0 Å². The first-order valence-corrected chi connectivity index (χ1v) is 8.07. The number of amides is 1. The molecule has 96 valence electrons. The number of nitrogens with one attached hydrogen (secondary N) is 1. The maximum atomic E-state index is 12.3. The summed E-state index contributed by atoms with van der Waals surface area (Å²) in [5.41, 5.74) is -0.333. The van der Waals surface area contributed by atoms with E-state index in [1.54, 1.807) is 4.90 Å². The third kappa shape index (κ3) is 1.78. The Bertz CT molecular complexity index is 455. The minimum Gasteiger partial charge on any atom is -0.322 e. The lowest BCUT2D eigenvalue weighted by Crippen LogP contribution is -2.48. The number of nitrogens with zero attached hydrogens (tertiary/aromatic N) is 1. The van der Waals surface area contributed by atoms with E-state index in [2.05, 4.69) is 5.32 Å². The number of carbonyl (C=O) groups excluding carboxylic acids is 1. The zero-order valence-electron chi connectivity index (χ0n) is 9.98. The zero-order valence-corrected chi connectivity index (χ0v) is 10.8. The van der Waals surface area contributed by atoms with Gasteiger partial charge in [0.1, 0.15) is 0 Å². The summed E-state index contributed by atoms with van der Waals surface area (Å²) < 4.78 is 23.3. The van der Waals surface area contributed by atoms with Crippen LogP contribution in [0.15, 0.2) is 0 Å². The quantitative estimate of drug-likeness (QED) is 0.712. The van der Waals surface area contributed by atoms with Gasteiger partial charge in [-0.05, 0) is 32.6 Å². The maximum Gasteiger partial charge on any atom is 0.244 e. The van der Waals surface area contributed by atoms with Crippen LogP contribution in [0.5, 0.6) is 0 Å². The zero-order chi connectivity index (χ0) is 12.3. The fraction of sp³-hybridized carbons (Fsp3) is 0.909. The first kappa shape index (κ1) is 11.5. The van der Waals surface area contributed by atoms with Gasteiger partial charge in [-0.1, -0.05) is 0 Å². The largest absolute Gasteiger partial charge is 0.322 e. The predicted molar refractivity (Wildman–Crippen MR) is 63.1 cm³/mol. The van der Waals surface area contributed by atoms with E-state index in [1.165, 1.54) is 0 Å². The minimum absolute atomic E-state index is 0.0247. The molecule has 17 heavy (non-hydrogen) atoms. The molecule has 1 N–H and O–H groups in total. The van der Waals surface area contributed by atoms with Crippen molar-refractivity contribution in [3.8, 4) is 0 Å². The van der Waals surface area contributed by atoms with Gasteiger partial charge in [0.25, 0.3) is 0 Å². The normalized spacial score (nSPS) is 38.6. The molecule has 2 unspecified atom stereocenters. The molecule has 5 nitrogen and oxygen atoms in total. The van der Waals surface area contributed by atoms with Crippen LogP contribution >= 0.6 is 0 Å². The van der Waals surface area contributed by atoms with E-state index in [1.807, 2.05) is 6.92 Å². The molecule has 2 heterocycles. The minimum atomic E-state index is -2.95. The summed E-state index contributed by atoms with van der Waals surface area (Å²) >= 11 is 0. The van der Waals surface area contributed by atoms with Crippen LogP contribution in [0.1, 0.15) is 32.6 Å². The average Bonchev–Trinajstić information content (AvgIpc) is 2.92. The lowest BCUT2D eigenvalue weighted by Gasteiger charge is -2.33. The molecule has 3 aliphatic rings. The van der Waals surface area contributed by atoms with Crippen molar-refractivity contribution < 1.29 is 13.2 Å². The van der Waals surface area contributed by atoms with Gasteiger partial charge < -0.3 is 4.90 Å². The predicted octanol–water partition coefficient (Wildman–Crippen LogP) is -0.126. The smallest absolute Gasteiger partial charge is 0.244 e. The van der Waals surface area contributed by atoms with E-state index < -0.39 is 9.84 Å². The highest BCUT2D eigenvalue weighted by Crippen LogP contribution is 2.43. The van der Waals surface area contributed by atoms with Crippen LogP contribution in [0, 0.1) is 0 Å². The highest BCUT2D eigenvalue weighted by Gasteiger charge is 2.59. The summed E-state index contributed by atoms with van der Waals surface area (Å²) in [4.78, 5) is 14.1. The lowest BCUT2D eigenvalue weighted by molar-refractivity contribution is -0.132. The van der Waals surface area contributed by atoms with Gasteiger partial charge in [0, 0.05) is 6.04 Å². The Morgan fingerprint density at radius 1 is 1.41 bits per heavy atom. The van der Waals surface area contributed by atoms with Gasteiger partial charge in [0.05, 0.1) is 23.2 Å². The number of hydrogen-bond donors (Lipinski definition) is 1. The average molecular weight is 258 g/mol. The summed E-state index contributed by atoms with van der Waals surface area (Å²) in [7, 11) is -2.95. The second-order valence-electron chi connectivity index (χ2n) is 5.53. The van der Waals surface area contributed by atoms with E-state index in [-0.39, 0.29) is 35.2 Å². The SMILES string of the molecule is CC1NC2(CC2)C(=O)N1C1CCCS(=O)(=O)C1. The molecule has 2 atom stereocenters. The van der Waals surface area contributed by atoms with E-state index in [0.29, 0.717) is 6.42 Å². The van der Waals surface area contributed by atoms with Crippen LogP contribution in [0.25, 0.3) is 0 Å². The summed E-state index contributed by atoms with van der Waals surface area (Å²) in [5, 5.41) is 3.31. The van der Waals surface area contributed by atoms with Crippen LogP contribution in [-0.4, -0.2) is 48.5 Å². The highest BCUT2D eigenvalue weighted by molar-refractivity contribution is 7.91. The summed E-state index contributed by atoms with van der Waals surface area (Å²) in [6.07, 6.45) is 3.25. The molecule has 1 aliphatic carbocycles. The number of carbonyl (C=O) groups is 1. The second-order valence-corrected chi connectivity index (χ2v) is 7.75. The molecule has 0 aromatic carbocycles. The molecule has 3 rings (SSSR count). The summed E-state index contributed by atoms with van der Waals surface area (Å²) in [6.45, 7) is 1.95. The number of hydrogen-bond acceptors (Lipinski definition) is 4. The fourth-order valence-corrected chi connectivity index (χ4v) is 4.82. The molecule has 6 heteroatoms. The molecule has 0 aromatic rings. The Morgan fingerprint density at radius 3 is 2.65 bits per heavy atom. The van der Waals surface area contributed by atoms with Crippen molar-refractivity contribution in [2.24, 2.45) is 0 Å². The molecule has 1 amide bonds. The molecule has 1 spiro atoms. The first-order valence-electron chi connectivity index (χ1n) is 6.24. The Labute approximate surface area is 101 Å². The molecular formula is C11H18N2O3S. The Hall–Kier alpha value is -0.620. The molecule has 1 saturated carbocycles. The Morgan fingerprint density at radius 2 is 2.12 bits per heavy atom. The van der Waals surface area contributed by atoms with Gasteiger partial charge in [-0.15, -0.1) is 0 Å². The second kappa shape index (κ2) is 3.45. The third-order valence-electron chi connectivity index (χ3n) is 4.13. The molecule has 0 radical (unpaired) electrons. The van der Waals surface area contributed by atoms with Crippen molar-refractivity contribution >= 4 is 15.7 Å². The molecule has 0 aromatic heterocycles. The standard InChI is InChI=1S/C11H18N2O3S/c1-8-12-11(4-5-11)10(14)13(8)9-3-2-6-17(15,16)7-9/h8-9,12H,2-7H2,1H3. The molecular weight excluding hydrogens is 240 g/mol. The van der Waals surface area contributed by atoms with E-state index in [9.17, 15) is 13.2 Å². The van der Waals surface area contributed by atoms with E-state index in [0.717, 1.165) is 19.3 Å². The van der Waals surface area contributed by atoms with Gasteiger partial charge in [-0.25, -0.2) is 8.42 Å². The molecule has 2 aliphatic heterocycles. The molecule has 0 bridgehead atoms. The van der Waals surface area contributed by atoms with Crippen molar-refractivity contribution in [2.75, 3.05) is 11.5 Å². The Balaban J connectivity index is 1.82. The van der Waals surface area contributed by atoms with E-state index in [4.69, 9.17) is 0 Å². The maximum absolute atomic E-state index is 12.3. The van der Waals surface area contributed by atoms with Crippen LogP contribution in [-0.2, 0) is 14.6 Å².